The number of aliphatic hydroxyl groups is 9. The van der Waals surface area contributed by atoms with Gasteiger partial charge >= 0.3 is 0 Å². The van der Waals surface area contributed by atoms with E-state index >= 15 is 4.79 Å². The van der Waals surface area contributed by atoms with E-state index < -0.39 is 99.5 Å². The smallest absolute Gasteiger partial charge is 0.182 e. The molecule has 20 atom stereocenters. The molecular weight excluding hydrogens is 989 g/mol. The zero-order valence-electron chi connectivity index (χ0n) is 47.3. The number of hydrogen-bond donors (Lipinski definition) is 13. The lowest BCUT2D eigenvalue weighted by molar-refractivity contribution is -0.276. The first-order valence-electron chi connectivity index (χ1n) is 31.5. The highest BCUT2D eigenvalue weighted by molar-refractivity contribution is 6.00. The molecule has 0 aromatic rings. The number of nitrogens with one attached hydrogen (secondary N) is 3. The van der Waals surface area contributed by atoms with E-state index in [1.807, 2.05) is 24.3 Å². The molecule has 7 saturated carbocycles. The van der Waals surface area contributed by atoms with E-state index in [1.165, 1.54) is 25.7 Å². The third kappa shape index (κ3) is 9.40. The van der Waals surface area contributed by atoms with E-state index in [2.05, 4.69) is 22.9 Å². The van der Waals surface area contributed by atoms with Gasteiger partial charge in [-0.2, -0.15) is 0 Å². The Morgan fingerprint density at radius 2 is 1.64 bits per heavy atom. The number of fused-ring (bicyclic) bond motifs is 5. The summed E-state index contributed by atoms with van der Waals surface area (Å²) in [7, 11) is 0. The number of aliphatic hydroxyl groups excluding tert-OH is 5. The van der Waals surface area contributed by atoms with Crippen molar-refractivity contribution in [2.45, 2.75) is 253 Å². The van der Waals surface area contributed by atoms with E-state index in [-0.39, 0.29) is 87.5 Å². The predicted octanol–water partition coefficient (Wildman–Crippen LogP) is 5.19. The second kappa shape index (κ2) is 22.1. The number of ether oxygens (including phenoxy) is 1. The van der Waals surface area contributed by atoms with Crippen molar-refractivity contribution in [2.75, 3.05) is 19.7 Å². The third-order valence-electron chi connectivity index (χ3n) is 23.8. The van der Waals surface area contributed by atoms with E-state index in [1.54, 1.807) is 13.8 Å². The largest absolute Gasteiger partial charge is 0.396 e. The molecule has 15 heteroatoms. The molecule has 1 saturated heterocycles. The summed E-state index contributed by atoms with van der Waals surface area (Å²) in [6, 6.07) is 0.513. The van der Waals surface area contributed by atoms with Crippen molar-refractivity contribution in [3.05, 3.63) is 46.8 Å². The maximum absolute atomic E-state index is 16.1. The fraction of sp³-hybridized carbons (Fsp3) is 0.857. The third-order valence-corrected chi connectivity index (χ3v) is 23.8. The molecule has 2 heterocycles. The Morgan fingerprint density at radius 3 is 2.37 bits per heavy atom. The highest BCUT2D eigenvalue weighted by Gasteiger charge is 2.80. The zero-order chi connectivity index (χ0) is 55.2. The van der Waals surface area contributed by atoms with Crippen LogP contribution in [-0.2, 0) is 9.53 Å². The van der Waals surface area contributed by atoms with Gasteiger partial charge in [-0.1, -0.05) is 57.3 Å². The molecule has 0 radical (unpaired) electrons. The maximum atomic E-state index is 16.1. The summed E-state index contributed by atoms with van der Waals surface area (Å²) in [6.45, 7) is 6.47. The van der Waals surface area contributed by atoms with Gasteiger partial charge in [-0.3, -0.25) is 4.79 Å². The molecule has 15 nitrogen and oxygen atoms in total. The molecule has 14 N–H and O–H groups in total. The lowest BCUT2D eigenvalue weighted by Gasteiger charge is -2.69. The number of hydrogen-bond acceptors (Lipinski definition) is 15. The first-order chi connectivity index (χ1) is 37.2. The summed E-state index contributed by atoms with van der Waals surface area (Å²) < 4.78 is 7.20. The van der Waals surface area contributed by atoms with Gasteiger partial charge in [0.15, 0.2) is 5.78 Å². The molecule has 1 spiro atoms. The molecule has 0 aromatic carbocycles. The van der Waals surface area contributed by atoms with E-state index in [4.69, 9.17) is 10.5 Å². The van der Waals surface area contributed by atoms with Gasteiger partial charge in [0.05, 0.1) is 65.3 Å². The van der Waals surface area contributed by atoms with Crippen LogP contribution in [0.3, 0.4) is 0 Å². The Morgan fingerprint density at radius 1 is 0.897 bits per heavy atom. The Balaban J connectivity index is 1.09. The summed E-state index contributed by atoms with van der Waals surface area (Å²) in [6.07, 6.45) is 18.9. The van der Waals surface area contributed by atoms with Crippen LogP contribution in [0.2, 0.25) is 0 Å². The summed E-state index contributed by atoms with van der Waals surface area (Å²) in [5, 5.41) is 126. The minimum Gasteiger partial charge on any atom is -0.396 e. The Kier molecular flexibility index (Phi) is 16.3. The van der Waals surface area contributed by atoms with Gasteiger partial charge in [0.25, 0.3) is 0 Å². The number of carbonyl (C=O) groups is 1. The molecule has 9 aliphatic carbocycles. The van der Waals surface area contributed by atoms with Crippen LogP contribution in [0.4, 0.5) is 0 Å². The second-order valence-electron chi connectivity index (χ2n) is 28.1. The number of nitrogens with two attached hydrogens (primary N) is 1. The first kappa shape index (κ1) is 57.6. The molecule has 0 aromatic heterocycles. The fourth-order valence-corrected chi connectivity index (χ4v) is 20.4. The topological polar surface area (TPSA) is 270 Å². The van der Waals surface area contributed by atoms with Gasteiger partial charge in [-0.05, 0) is 201 Å². The molecule has 0 amide bonds. The van der Waals surface area contributed by atoms with Crippen molar-refractivity contribution in [1.82, 2.24) is 16.0 Å². The average Bonchev–Trinajstić information content (AvgIpc) is 1.93. The number of Topliss-reactive ketones (excluding diaryl/α,β-unsaturated/α-hetero) is 1. The molecule has 8 fully saturated rings. The average molecular weight is 1090 g/mol. The summed E-state index contributed by atoms with van der Waals surface area (Å²) in [5.41, 5.74) is -1.28. The summed E-state index contributed by atoms with van der Waals surface area (Å²) in [4.78, 5) is 16.1. The van der Waals surface area contributed by atoms with Crippen molar-refractivity contribution < 1.29 is 55.5 Å². The molecule has 11 aliphatic rings. The van der Waals surface area contributed by atoms with Gasteiger partial charge in [-0.25, -0.2) is 0 Å². The predicted molar refractivity (Wildman–Crippen MR) is 297 cm³/mol. The number of allylic oxidation sites excluding steroid dienone is 5. The van der Waals surface area contributed by atoms with Crippen LogP contribution in [0.5, 0.6) is 0 Å². The quantitative estimate of drug-likeness (QED) is 0.0941. The highest BCUT2D eigenvalue weighted by Crippen LogP contribution is 2.77. The minimum atomic E-state index is -1.94. The molecular formula is C63H100N4O11. The van der Waals surface area contributed by atoms with Crippen molar-refractivity contribution in [3.63, 3.8) is 0 Å². The molecule has 20 unspecified atom stereocenters. The SMILES string of the molecule is CCCC1CCC2OC3C(C(O)CCCC3(O)C(C)(O)C3CCC4(O)C5=C(NCC(C)O)C(=O)C6CC(O)C(O)CC67CC(C6=C(CCCO)NC(N)C=C6)C=CC(O)(CC34C3CCC(CNC4CCCC4)CC3)C57)C2CC1. The van der Waals surface area contributed by atoms with Gasteiger partial charge in [0.1, 0.15) is 5.60 Å². The van der Waals surface area contributed by atoms with E-state index in [0.29, 0.717) is 62.0 Å². The van der Waals surface area contributed by atoms with Crippen LogP contribution in [0.25, 0.3) is 0 Å². The molecule has 11 rings (SSSR count). The summed E-state index contributed by atoms with van der Waals surface area (Å²) in [5.74, 6) is -3.12. The lowest BCUT2D eigenvalue weighted by Crippen LogP contribution is -2.74. The van der Waals surface area contributed by atoms with Crippen LogP contribution in [0, 0.1) is 64.1 Å². The van der Waals surface area contributed by atoms with Gasteiger partial charge in [0.2, 0.25) is 0 Å². The van der Waals surface area contributed by atoms with Gasteiger partial charge in [0, 0.05) is 54.0 Å². The Labute approximate surface area is 464 Å². The van der Waals surface area contributed by atoms with Crippen molar-refractivity contribution in [3.8, 4) is 0 Å². The van der Waals surface area contributed by atoms with Crippen molar-refractivity contribution in [2.24, 2.45) is 69.8 Å². The second-order valence-corrected chi connectivity index (χ2v) is 28.1. The normalized spacial score (nSPS) is 47.7. The molecule has 2 aliphatic heterocycles. The number of ketones is 1. The minimum absolute atomic E-state index is 0.00244. The Bertz CT molecular complexity index is 2310. The van der Waals surface area contributed by atoms with Gasteiger partial charge < -0.3 is 72.4 Å². The number of rotatable bonds is 15. The monoisotopic (exact) mass is 1090 g/mol. The number of carbonyl (C=O) groups excluding carboxylic acids is 1. The van der Waals surface area contributed by atoms with Crippen LogP contribution in [0.1, 0.15) is 181 Å². The van der Waals surface area contributed by atoms with Crippen LogP contribution < -0.4 is 21.7 Å². The zero-order valence-corrected chi connectivity index (χ0v) is 47.3. The fourth-order valence-electron chi connectivity index (χ4n) is 20.4. The molecule has 0 bridgehead atoms. The van der Waals surface area contributed by atoms with Crippen LogP contribution in [-0.4, -0.2) is 143 Å². The summed E-state index contributed by atoms with van der Waals surface area (Å²) >= 11 is 0. The first-order valence-corrected chi connectivity index (χ1v) is 31.5. The van der Waals surface area contributed by atoms with Gasteiger partial charge in [-0.15, -0.1) is 0 Å². The Hall–Kier alpha value is -2.25. The van der Waals surface area contributed by atoms with Crippen molar-refractivity contribution >= 4 is 5.78 Å². The maximum Gasteiger partial charge on any atom is 0.182 e. The van der Waals surface area contributed by atoms with Crippen LogP contribution in [0.15, 0.2) is 46.8 Å². The standard InChI is InChI=1S/C63H100N4O11/c1-4-9-37-16-20-43-49(22-17-37)78-57-52(43)46(70)13-7-26-63(57,77)58(3,74)50-25-28-62(76)53-54(66-33-36(2)69)55(73)44-30-47(71)48(72)32-59(44)31-39(42-21-23-51(64)67-45(42)12-8-29-68)24-27-60(75,56(53)59)35-61(50,62)40-18-14-38(15-19-40)34-65-41-10-5-6-11-41/h21,23-24,27,36-41,43-44,46-52,56-57,65-72,74-77H,4-20,22,25-26,28-35,64H2,1-3H3. The van der Waals surface area contributed by atoms with Crippen molar-refractivity contribution in [1.29, 1.82) is 0 Å². The highest BCUT2D eigenvalue weighted by atomic mass is 16.5. The molecule has 438 valence electrons. The van der Waals surface area contributed by atoms with Crippen LogP contribution >= 0.6 is 0 Å². The van der Waals surface area contributed by atoms with E-state index in [9.17, 15) is 46.0 Å². The lowest BCUT2D eigenvalue weighted by atomic mass is 9.37. The number of dihydropyridines is 1. The van der Waals surface area contributed by atoms with E-state index in [0.717, 1.165) is 69.2 Å². The molecule has 78 heavy (non-hydrogen) atoms.